The van der Waals surface area contributed by atoms with Gasteiger partial charge in [-0.25, -0.2) is 0 Å². The van der Waals surface area contributed by atoms with E-state index in [2.05, 4.69) is 10.6 Å². The summed E-state index contributed by atoms with van der Waals surface area (Å²) in [7, 11) is 1.48. The molecule has 0 aliphatic carbocycles. The molecule has 2 amide bonds. The van der Waals surface area contributed by atoms with Gasteiger partial charge < -0.3 is 20.1 Å². The van der Waals surface area contributed by atoms with Gasteiger partial charge in [0.05, 0.1) is 6.61 Å². The van der Waals surface area contributed by atoms with E-state index in [9.17, 15) is 9.59 Å². The van der Waals surface area contributed by atoms with Crippen LogP contribution in [0.5, 0.6) is 11.5 Å². The summed E-state index contributed by atoms with van der Waals surface area (Å²) in [6, 6.07) is 16.2. The molecule has 2 rings (SSSR count). The molecular weight excluding hydrogens is 320 g/mol. The Balaban J connectivity index is 1.88. The van der Waals surface area contributed by atoms with Crippen molar-refractivity contribution in [2.45, 2.75) is 19.5 Å². The molecular formula is C19H22N2O4. The quantitative estimate of drug-likeness (QED) is 0.771. The second kappa shape index (κ2) is 9.44. The van der Waals surface area contributed by atoms with Gasteiger partial charge in [0.15, 0.2) is 0 Å². The summed E-state index contributed by atoms with van der Waals surface area (Å²) < 4.78 is 10.7. The number of nitrogens with one attached hydrogen (secondary N) is 2. The fourth-order valence-electron chi connectivity index (χ4n) is 2.21. The lowest BCUT2D eigenvalue weighted by molar-refractivity contribution is -0.129. The normalized spacial score (nSPS) is 11.4. The summed E-state index contributed by atoms with van der Waals surface area (Å²) in [6.45, 7) is 1.83. The van der Waals surface area contributed by atoms with E-state index in [-0.39, 0.29) is 18.4 Å². The molecule has 0 aliphatic rings. The zero-order chi connectivity index (χ0) is 18.1. The predicted octanol–water partition coefficient (Wildman–Crippen LogP) is 2.25. The Kier molecular flexibility index (Phi) is 6.98. The van der Waals surface area contributed by atoms with Gasteiger partial charge in [0, 0.05) is 20.6 Å². The first-order valence-electron chi connectivity index (χ1n) is 7.94. The maximum Gasteiger partial charge on any atom is 0.245 e. The van der Waals surface area contributed by atoms with E-state index in [4.69, 9.17) is 9.47 Å². The second-order valence-corrected chi connectivity index (χ2v) is 5.49. The van der Waals surface area contributed by atoms with Gasteiger partial charge in [0.25, 0.3) is 0 Å². The topological polar surface area (TPSA) is 76.7 Å². The maximum atomic E-state index is 12.1. The lowest BCUT2D eigenvalue weighted by Gasteiger charge is -2.16. The average Bonchev–Trinajstić information content (AvgIpc) is 2.61. The molecule has 2 aromatic rings. The minimum atomic E-state index is -0.705. The van der Waals surface area contributed by atoms with Crippen molar-refractivity contribution >= 4 is 11.8 Å². The van der Waals surface area contributed by atoms with Crippen LogP contribution < -0.4 is 15.4 Å². The number of para-hydroxylation sites is 1. The van der Waals surface area contributed by atoms with Crippen molar-refractivity contribution in [2.24, 2.45) is 0 Å². The van der Waals surface area contributed by atoms with Gasteiger partial charge in [0.2, 0.25) is 11.8 Å². The highest BCUT2D eigenvalue weighted by Crippen LogP contribution is 2.21. The van der Waals surface area contributed by atoms with Crippen LogP contribution >= 0.6 is 0 Å². The van der Waals surface area contributed by atoms with Gasteiger partial charge in [-0.05, 0) is 29.8 Å². The largest absolute Gasteiger partial charge is 0.457 e. The highest BCUT2D eigenvalue weighted by molar-refractivity contribution is 5.86. The summed E-state index contributed by atoms with van der Waals surface area (Å²) >= 11 is 0. The smallest absolute Gasteiger partial charge is 0.245 e. The van der Waals surface area contributed by atoms with Crippen LogP contribution in [-0.2, 0) is 20.9 Å². The Morgan fingerprint density at radius 3 is 2.24 bits per heavy atom. The molecule has 0 fully saturated rings. The van der Waals surface area contributed by atoms with Crippen LogP contribution in [0.3, 0.4) is 0 Å². The van der Waals surface area contributed by atoms with E-state index < -0.39 is 6.04 Å². The fraction of sp³-hybridized carbons (Fsp3) is 0.263. The van der Waals surface area contributed by atoms with E-state index >= 15 is 0 Å². The molecule has 0 aromatic heterocycles. The van der Waals surface area contributed by atoms with Gasteiger partial charge in [-0.3, -0.25) is 9.59 Å². The van der Waals surface area contributed by atoms with Gasteiger partial charge >= 0.3 is 0 Å². The molecule has 0 radical (unpaired) electrons. The zero-order valence-electron chi connectivity index (χ0n) is 14.3. The molecule has 0 aliphatic heterocycles. The lowest BCUT2D eigenvalue weighted by atomic mass is 10.2. The predicted molar refractivity (Wildman–Crippen MR) is 94.3 cm³/mol. The molecule has 0 saturated carbocycles. The van der Waals surface area contributed by atoms with Gasteiger partial charge in [-0.15, -0.1) is 0 Å². The molecule has 0 saturated heterocycles. The molecule has 6 heteroatoms. The molecule has 0 heterocycles. The van der Waals surface area contributed by atoms with Crippen LogP contribution in [-0.4, -0.2) is 31.6 Å². The second-order valence-electron chi connectivity index (χ2n) is 5.49. The highest BCUT2D eigenvalue weighted by atomic mass is 16.5. The van der Waals surface area contributed by atoms with Crippen LogP contribution in [0.1, 0.15) is 12.5 Å². The number of carbonyl (C=O) groups excluding carboxylic acids is 2. The lowest BCUT2D eigenvalue weighted by Crippen LogP contribution is -2.48. The standard InChI is InChI=1S/C19H22N2O4/c1-14(22)21-18(13-24-2)19(23)20-12-15-8-10-17(11-9-15)25-16-6-4-3-5-7-16/h3-11,18H,12-13H2,1-2H3,(H,20,23)(H,21,22)/t18-/m1/s1. The van der Waals surface area contributed by atoms with Crippen molar-refractivity contribution in [1.29, 1.82) is 0 Å². The summed E-state index contributed by atoms with van der Waals surface area (Å²) in [5.41, 5.74) is 0.924. The summed E-state index contributed by atoms with van der Waals surface area (Å²) in [5.74, 6) is 0.916. The number of hydrogen-bond acceptors (Lipinski definition) is 4. The van der Waals surface area contributed by atoms with Crippen molar-refractivity contribution < 1.29 is 19.1 Å². The Hall–Kier alpha value is -2.86. The highest BCUT2D eigenvalue weighted by Gasteiger charge is 2.18. The monoisotopic (exact) mass is 342 g/mol. The zero-order valence-corrected chi connectivity index (χ0v) is 14.3. The van der Waals surface area contributed by atoms with E-state index in [0.29, 0.717) is 6.54 Å². The third-order valence-corrected chi connectivity index (χ3v) is 3.40. The molecule has 2 aromatic carbocycles. The van der Waals surface area contributed by atoms with Crippen LogP contribution in [0, 0.1) is 0 Å². The molecule has 0 unspecified atom stereocenters. The minimum absolute atomic E-state index is 0.120. The number of ether oxygens (including phenoxy) is 2. The third-order valence-electron chi connectivity index (χ3n) is 3.40. The summed E-state index contributed by atoms with van der Waals surface area (Å²) in [5, 5.41) is 5.34. The number of hydrogen-bond donors (Lipinski definition) is 2. The van der Waals surface area contributed by atoms with E-state index in [1.807, 2.05) is 54.6 Å². The Morgan fingerprint density at radius 1 is 1.00 bits per heavy atom. The molecule has 132 valence electrons. The van der Waals surface area contributed by atoms with E-state index in [0.717, 1.165) is 17.1 Å². The van der Waals surface area contributed by atoms with Crippen LogP contribution in [0.25, 0.3) is 0 Å². The summed E-state index contributed by atoms with van der Waals surface area (Å²) in [4.78, 5) is 23.3. The molecule has 2 N–H and O–H groups in total. The fourth-order valence-corrected chi connectivity index (χ4v) is 2.21. The molecule has 1 atom stereocenters. The van der Waals surface area contributed by atoms with Crippen LogP contribution in [0.2, 0.25) is 0 Å². The summed E-state index contributed by atoms with van der Waals surface area (Å²) in [6.07, 6.45) is 0. The SMILES string of the molecule is COC[C@@H](NC(C)=O)C(=O)NCc1ccc(Oc2ccccc2)cc1. The van der Waals surface area contributed by atoms with Crippen LogP contribution in [0.4, 0.5) is 0 Å². The first kappa shape index (κ1) is 18.5. The Morgan fingerprint density at radius 2 is 1.64 bits per heavy atom. The first-order valence-corrected chi connectivity index (χ1v) is 7.94. The Labute approximate surface area is 147 Å². The van der Waals surface area contributed by atoms with Gasteiger partial charge in [-0.2, -0.15) is 0 Å². The van der Waals surface area contributed by atoms with Gasteiger partial charge in [-0.1, -0.05) is 30.3 Å². The van der Waals surface area contributed by atoms with Crippen molar-refractivity contribution in [1.82, 2.24) is 10.6 Å². The van der Waals surface area contributed by atoms with E-state index in [1.165, 1.54) is 14.0 Å². The van der Waals surface area contributed by atoms with Crippen LogP contribution in [0.15, 0.2) is 54.6 Å². The van der Waals surface area contributed by atoms with E-state index in [1.54, 1.807) is 0 Å². The van der Waals surface area contributed by atoms with Crippen molar-refractivity contribution in [2.75, 3.05) is 13.7 Å². The number of carbonyl (C=O) groups is 2. The number of benzene rings is 2. The van der Waals surface area contributed by atoms with Crippen molar-refractivity contribution in [3.8, 4) is 11.5 Å². The molecule has 0 bridgehead atoms. The number of amides is 2. The van der Waals surface area contributed by atoms with Crippen molar-refractivity contribution in [3.05, 3.63) is 60.2 Å². The number of methoxy groups -OCH3 is 1. The Bertz CT molecular complexity index is 686. The van der Waals surface area contributed by atoms with Crippen molar-refractivity contribution in [3.63, 3.8) is 0 Å². The first-order chi connectivity index (χ1) is 12.1. The number of rotatable bonds is 8. The maximum absolute atomic E-state index is 12.1. The molecule has 6 nitrogen and oxygen atoms in total. The molecule has 25 heavy (non-hydrogen) atoms. The average molecular weight is 342 g/mol. The third kappa shape index (κ3) is 6.27. The molecule has 0 spiro atoms. The minimum Gasteiger partial charge on any atom is -0.457 e. The van der Waals surface area contributed by atoms with Gasteiger partial charge in [0.1, 0.15) is 17.5 Å².